The largest absolute Gasteiger partial charge is 0.370 e. The van der Waals surface area contributed by atoms with E-state index in [1.165, 1.54) is 12.1 Å². The first-order valence-corrected chi connectivity index (χ1v) is 11.5. The van der Waals surface area contributed by atoms with Crippen LogP contribution in [0, 0.1) is 5.92 Å². The lowest BCUT2D eigenvalue weighted by Gasteiger charge is -2.23. The lowest BCUT2D eigenvalue weighted by molar-refractivity contribution is 0.0174. The minimum absolute atomic E-state index is 0.0308. The molecule has 0 saturated carbocycles. The van der Waals surface area contributed by atoms with Crippen molar-refractivity contribution in [3.63, 3.8) is 0 Å². The van der Waals surface area contributed by atoms with Crippen molar-refractivity contribution >= 4 is 17.0 Å². The molecule has 0 bridgehead atoms. The van der Waals surface area contributed by atoms with E-state index < -0.39 is 5.92 Å². The standard InChI is InChI=1S/C26H29F2N5O2/c1-16(2)22(18-10-12-19(13-11-18)26(3,27)28)33-23-21(24(34)31-25(29-4)30-23)20(32-33)15-35-14-17-8-6-5-7-9-17/h5-13,16,22H,14-15H2,1-4H3,(H2,29,30,31,34). The summed E-state index contributed by atoms with van der Waals surface area (Å²) in [6.07, 6.45) is 0. The van der Waals surface area contributed by atoms with E-state index in [1.807, 2.05) is 44.2 Å². The van der Waals surface area contributed by atoms with Crippen LogP contribution in [0.5, 0.6) is 0 Å². The molecule has 2 N–H and O–H groups in total. The molecule has 7 nitrogen and oxygen atoms in total. The molecule has 0 aliphatic heterocycles. The number of fused-ring (bicyclic) bond motifs is 1. The number of anilines is 1. The smallest absolute Gasteiger partial charge is 0.270 e. The van der Waals surface area contributed by atoms with Crippen molar-refractivity contribution in [2.24, 2.45) is 5.92 Å². The Hall–Kier alpha value is -3.59. The molecular weight excluding hydrogens is 452 g/mol. The van der Waals surface area contributed by atoms with Gasteiger partial charge in [0.05, 0.1) is 19.3 Å². The predicted octanol–water partition coefficient (Wildman–Crippen LogP) is 5.24. The molecule has 0 spiro atoms. The lowest BCUT2D eigenvalue weighted by atomic mass is 9.94. The van der Waals surface area contributed by atoms with E-state index in [4.69, 9.17) is 9.84 Å². The second-order valence-corrected chi connectivity index (χ2v) is 8.93. The van der Waals surface area contributed by atoms with Gasteiger partial charge in [0.15, 0.2) is 5.65 Å². The molecule has 35 heavy (non-hydrogen) atoms. The number of nitrogens with zero attached hydrogens (tertiary/aromatic N) is 3. The van der Waals surface area contributed by atoms with Gasteiger partial charge in [-0.05, 0) is 17.0 Å². The molecule has 4 aromatic rings. The van der Waals surface area contributed by atoms with Crippen molar-refractivity contribution in [3.05, 3.63) is 87.3 Å². The van der Waals surface area contributed by atoms with Crippen molar-refractivity contribution in [3.8, 4) is 0 Å². The summed E-state index contributed by atoms with van der Waals surface area (Å²) in [5.74, 6) is -2.59. The minimum atomic E-state index is -2.93. The van der Waals surface area contributed by atoms with Crippen LogP contribution in [0.25, 0.3) is 11.0 Å². The fourth-order valence-corrected chi connectivity index (χ4v) is 4.15. The summed E-state index contributed by atoms with van der Waals surface area (Å²) >= 11 is 0. The van der Waals surface area contributed by atoms with Crippen LogP contribution in [0.15, 0.2) is 59.4 Å². The molecule has 0 amide bonds. The van der Waals surface area contributed by atoms with Crippen molar-refractivity contribution in [1.82, 2.24) is 19.7 Å². The lowest BCUT2D eigenvalue weighted by Crippen LogP contribution is -2.20. The number of H-pyrrole nitrogens is 1. The van der Waals surface area contributed by atoms with Gasteiger partial charge in [0, 0.05) is 19.5 Å². The number of ether oxygens (including phenoxy) is 1. The van der Waals surface area contributed by atoms with Gasteiger partial charge in [-0.2, -0.15) is 10.1 Å². The molecule has 0 saturated heterocycles. The molecule has 0 radical (unpaired) electrons. The summed E-state index contributed by atoms with van der Waals surface area (Å²) in [6.45, 7) is 5.39. The Morgan fingerprint density at radius 3 is 2.37 bits per heavy atom. The van der Waals surface area contributed by atoms with Crippen LogP contribution in [-0.2, 0) is 23.9 Å². The van der Waals surface area contributed by atoms with Crippen molar-refractivity contribution in [1.29, 1.82) is 0 Å². The van der Waals surface area contributed by atoms with E-state index in [-0.39, 0.29) is 29.7 Å². The van der Waals surface area contributed by atoms with Crippen LogP contribution in [0.3, 0.4) is 0 Å². The monoisotopic (exact) mass is 481 g/mol. The number of benzene rings is 2. The van der Waals surface area contributed by atoms with Gasteiger partial charge in [0.2, 0.25) is 5.95 Å². The molecule has 2 aromatic heterocycles. The van der Waals surface area contributed by atoms with Crippen molar-refractivity contribution in [2.75, 3.05) is 12.4 Å². The third-order valence-corrected chi connectivity index (χ3v) is 5.88. The highest BCUT2D eigenvalue weighted by Gasteiger charge is 2.28. The van der Waals surface area contributed by atoms with Gasteiger partial charge >= 0.3 is 0 Å². The van der Waals surface area contributed by atoms with E-state index in [0.717, 1.165) is 18.1 Å². The van der Waals surface area contributed by atoms with E-state index in [1.54, 1.807) is 23.9 Å². The fourth-order valence-electron chi connectivity index (χ4n) is 4.15. The Kier molecular flexibility index (Phi) is 6.98. The molecule has 9 heteroatoms. The van der Waals surface area contributed by atoms with Crippen LogP contribution in [-0.4, -0.2) is 26.8 Å². The molecule has 0 aliphatic rings. The normalized spacial score (nSPS) is 12.9. The number of aromatic amines is 1. The molecular formula is C26H29F2N5O2. The molecule has 2 heterocycles. The molecule has 1 atom stereocenters. The average molecular weight is 482 g/mol. The number of halogens is 2. The van der Waals surface area contributed by atoms with Gasteiger partial charge in [0.1, 0.15) is 11.1 Å². The maximum atomic E-state index is 13.8. The van der Waals surface area contributed by atoms with Gasteiger partial charge in [0.25, 0.3) is 11.5 Å². The third kappa shape index (κ3) is 5.24. The Morgan fingerprint density at radius 2 is 1.77 bits per heavy atom. The maximum Gasteiger partial charge on any atom is 0.270 e. The Labute approximate surface area is 202 Å². The maximum absolute atomic E-state index is 13.8. The van der Waals surface area contributed by atoms with E-state index in [9.17, 15) is 13.6 Å². The first-order chi connectivity index (χ1) is 16.7. The zero-order valence-corrected chi connectivity index (χ0v) is 20.2. The van der Waals surface area contributed by atoms with Gasteiger partial charge < -0.3 is 10.1 Å². The van der Waals surface area contributed by atoms with Gasteiger partial charge in [-0.15, -0.1) is 0 Å². The van der Waals surface area contributed by atoms with Crippen LogP contribution in [0.2, 0.25) is 0 Å². The topological polar surface area (TPSA) is 84.8 Å². The second kappa shape index (κ2) is 9.95. The summed E-state index contributed by atoms with van der Waals surface area (Å²) < 4.78 is 35.1. The molecule has 1 unspecified atom stereocenters. The van der Waals surface area contributed by atoms with Gasteiger partial charge in [-0.1, -0.05) is 68.4 Å². The van der Waals surface area contributed by atoms with Crippen LogP contribution in [0.4, 0.5) is 14.7 Å². The van der Waals surface area contributed by atoms with E-state index >= 15 is 0 Å². The van der Waals surface area contributed by atoms with Crippen molar-refractivity contribution < 1.29 is 13.5 Å². The summed E-state index contributed by atoms with van der Waals surface area (Å²) in [7, 11) is 1.66. The van der Waals surface area contributed by atoms with Gasteiger partial charge in [-0.25, -0.2) is 13.5 Å². The van der Waals surface area contributed by atoms with Crippen LogP contribution >= 0.6 is 0 Å². The average Bonchev–Trinajstić information content (AvgIpc) is 3.18. The number of alkyl halides is 2. The molecule has 2 aromatic carbocycles. The number of aromatic nitrogens is 4. The first kappa shape index (κ1) is 24.5. The van der Waals surface area contributed by atoms with Crippen molar-refractivity contribution in [2.45, 2.75) is 45.9 Å². The third-order valence-electron chi connectivity index (χ3n) is 5.88. The zero-order valence-electron chi connectivity index (χ0n) is 20.2. The second-order valence-electron chi connectivity index (χ2n) is 8.93. The number of rotatable bonds is 9. The highest BCUT2D eigenvalue weighted by atomic mass is 19.3. The van der Waals surface area contributed by atoms with Crippen LogP contribution < -0.4 is 10.9 Å². The predicted molar refractivity (Wildman–Crippen MR) is 132 cm³/mol. The first-order valence-electron chi connectivity index (χ1n) is 11.5. The molecule has 4 rings (SSSR count). The number of nitrogens with one attached hydrogen (secondary N) is 2. The molecule has 0 aliphatic carbocycles. The number of hydrogen-bond donors (Lipinski definition) is 2. The molecule has 0 fully saturated rings. The number of hydrogen-bond acceptors (Lipinski definition) is 5. The SMILES string of the molecule is CNc1nc2c(c(COCc3ccccc3)nn2C(c2ccc(C(C)(F)F)cc2)C(C)C)c(=O)[nH]1. The molecule has 184 valence electrons. The Balaban J connectivity index is 1.77. The quantitative estimate of drug-likeness (QED) is 0.342. The highest BCUT2D eigenvalue weighted by molar-refractivity contribution is 5.78. The Bertz CT molecular complexity index is 1340. The summed E-state index contributed by atoms with van der Waals surface area (Å²) in [4.78, 5) is 20.3. The highest BCUT2D eigenvalue weighted by Crippen LogP contribution is 2.33. The van der Waals surface area contributed by atoms with E-state index in [2.05, 4.69) is 15.3 Å². The van der Waals surface area contributed by atoms with Gasteiger partial charge in [-0.3, -0.25) is 9.78 Å². The Morgan fingerprint density at radius 1 is 1.09 bits per heavy atom. The summed E-state index contributed by atoms with van der Waals surface area (Å²) in [5.41, 5.74) is 2.29. The van der Waals surface area contributed by atoms with E-state index in [0.29, 0.717) is 29.3 Å². The minimum Gasteiger partial charge on any atom is -0.370 e. The van der Waals surface area contributed by atoms with Crippen LogP contribution in [0.1, 0.15) is 49.2 Å². The zero-order chi connectivity index (χ0) is 25.2. The summed E-state index contributed by atoms with van der Waals surface area (Å²) in [6, 6.07) is 15.6. The fraction of sp³-hybridized carbons (Fsp3) is 0.346. The summed E-state index contributed by atoms with van der Waals surface area (Å²) in [5, 5.41) is 7.98.